The zero-order valence-corrected chi connectivity index (χ0v) is 22.0. The number of rotatable bonds is 8. The number of aryl methyl sites for hydroxylation is 1. The van der Waals surface area contributed by atoms with Gasteiger partial charge in [-0.05, 0) is 62.4 Å². The fourth-order valence-corrected chi connectivity index (χ4v) is 6.04. The molecular formula is C26H23N5O5S2. The van der Waals surface area contributed by atoms with Crippen LogP contribution >= 0.6 is 0 Å². The second kappa shape index (κ2) is 9.88. The summed E-state index contributed by atoms with van der Waals surface area (Å²) in [4.78, 5) is 9.20. The fourth-order valence-electron chi connectivity index (χ4n) is 3.68. The van der Waals surface area contributed by atoms with E-state index in [0.29, 0.717) is 33.7 Å². The van der Waals surface area contributed by atoms with Crippen LogP contribution in [0.25, 0.3) is 11.0 Å². The van der Waals surface area contributed by atoms with Crippen LogP contribution in [-0.4, -0.2) is 32.0 Å². The summed E-state index contributed by atoms with van der Waals surface area (Å²) in [6, 6.07) is 21.0. The smallest absolute Gasteiger partial charge is 0.263 e. The molecule has 3 aromatic carbocycles. The molecule has 0 aliphatic rings. The first kappa shape index (κ1) is 25.4. The van der Waals surface area contributed by atoms with Crippen LogP contribution in [0.15, 0.2) is 93.2 Å². The van der Waals surface area contributed by atoms with Crippen molar-refractivity contribution in [3.8, 4) is 0 Å². The first-order valence-electron chi connectivity index (χ1n) is 11.5. The third kappa shape index (κ3) is 5.22. The minimum Gasteiger partial charge on any atom is -0.360 e. The second-order valence-corrected chi connectivity index (χ2v) is 12.2. The second-order valence-electron chi connectivity index (χ2n) is 8.55. The van der Waals surface area contributed by atoms with Crippen LogP contribution in [0, 0.1) is 13.8 Å². The van der Waals surface area contributed by atoms with Crippen molar-refractivity contribution in [1.29, 1.82) is 0 Å². The Balaban J connectivity index is 1.45. The number of hydrogen-bond donors (Lipinski definition) is 2. The van der Waals surface area contributed by atoms with Gasteiger partial charge in [-0.1, -0.05) is 35.5 Å². The van der Waals surface area contributed by atoms with E-state index in [1.165, 1.54) is 24.3 Å². The number of para-hydroxylation sites is 2. The minimum absolute atomic E-state index is 0.000385. The summed E-state index contributed by atoms with van der Waals surface area (Å²) in [5, 5.41) is 6.87. The maximum absolute atomic E-state index is 13.0. The Hall–Kier alpha value is -4.29. The highest BCUT2D eigenvalue weighted by Crippen LogP contribution is 2.28. The number of anilines is 3. The van der Waals surface area contributed by atoms with Gasteiger partial charge < -0.3 is 9.84 Å². The maximum atomic E-state index is 13.0. The van der Waals surface area contributed by atoms with Gasteiger partial charge in [-0.15, -0.1) is 0 Å². The summed E-state index contributed by atoms with van der Waals surface area (Å²) in [6.07, 6.45) is 0. The quantitative estimate of drug-likeness (QED) is 0.280. The van der Waals surface area contributed by atoms with Gasteiger partial charge in [0.05, 0.1) is 26.5 Å². The molecule has 0 radical (unpaired) electrons. The zero-order valence-electron chi connectivity index (χ0n) is 20.4. The van der Waals surface area contributed by atoms with E-state index in [2.05, 4.69) is 25.2 Å². The minimum atomic E-state index is -3.94. The molecule has 0 unspecified atom stereocenters. The van der Waals surface area contributed by atoms with Crippen LogP contribution in [0.4, 0.5) is 17.3 Å². The molecule has 0 fully saturated rings. The molecule has 2 heterocycles. The van der Waals surface area contributed by atoms with Gasteiger partial charge in [0.25, 0.3) is 10.0 Å². The van der Waals surface area contributed by atoms with E-state index in [0.717, 1.165) is 0 Å². The highest BCUT2D eigenvalue weighted by Gasteiger charge is 2.22. The largest absolute Gasteiger partial charge is 0.360 e. The van der Waals surface area contributed by atoms with E-state index in [-0.39, 0.29) is 27.2 Å². The molecule has 0 saturated heterocycles. The van der Waals surface area contributed by atoms with Gasteiger partial charge in [0, 0.05) is 11.3 Å². The van der Waals surface area contributed by atoms with E-state index in [1.807, 2.05) is 0 Å². The molecule has 0 bridgehead atoms. The van der Waals surface area contributed by atoms with E-state index in [4.69, 9.17) is 4.52 Å². The average Bonchev–Trinajstić information content (AvgIpc) is 3.21. The van der Waals surface area contributed by atoms with E-state index in [1.54, 1.807) is 68.4 Å². The third-order valence-corrected chi connectivity index (χ3v) is 8.89. The molecule has 12 heteroatoms. The number of sulfonamides is 1. The summed E-state index contributed by atoms with van der Waals surface area (Å²) in [7, 11) is -7.63. The lowest BCUT2D eigenvalue weighted by Crippen LogP contribution is -2.16. The lowest BCUT2D eigenvalue weighted by atomic mass is 10.2. The average molecular weight is 550 g/mol. The topological polar surface area (TPSA) is 144 Å². The normalized spacial score (nSPS) is 11.9. The molecule has 2 N–H and O–H groups in total. The molecule has 0 saturated carbocycles. The summed E-state index contributed by atoms with van der Waals surface area (Å²) in [5.41, 5.74) is 2.88. The van der Waals surface area contributed by atoms with Gasteiger partial charge >= 0.3 is 0 Å². The number of aromatic nitrogens is 3. The Bertz CT molecular complexity index is 1840. The summed E-state index contributed by atoms with van der Waals surface area (Å²) in [5.74, 6) is 0.145. The van der Waals surface area contributed by atoms with E-state index in [9.17, 15) is 16.8 Å². The molecule has 38 heavy (non-hydrogen) atoms. The van der Waals surface area contributed by atoms with Crippen molar-refractivity contribution in [3.63, 3.8) is 0 Å². The van der Waals surface area contributed by atoms with Crippen molar-refractivity contribution >= 4 is 48.2 Å². The first-order chi connectivity index (χ1) is 18.1. The van der Waals surface area contributed by atoms with Crippen LogP contribution in [0.2, 0.25) is 0 Å². The maximum Gasteiger partial charge on any atom is 0.263 e. The molecule has 5 rings (SSSR count). The van der Waals surface area contributed by atoms with Gasteiger partial charge in [-0.2, -0.15) is 0 Å². The highest BCUT2D eigenvalue weighted by atomic mass is 32.2. The van der Waals surface area contributed by atoms with Gasteiger partial charge in [-0.3, -0.25) is 4.72 Å². The number of sulfone groups is 1. The van der Waals surface area contributed by atoms with Crippen molar-refractivity contribution in [2.75, 3.05) is 10.0 Å². The van der Waals surface area contributed by atoms with Crippen molar-refractivity contribution in [3.05, 3.63) is 95.9 Å². The molecule has 0 spiro atoms. The predicted octanol–water partition coefficient (Wildman–Crippen LogP) is 4.75. The first-order valence-corrected chi connectivity index (χ1v) is 14.6. The summed E-state index contributed by atoms with van der Waals surface area (Å²) < 4.78 is 59.5. The standard InChI is InChI=1S/C26H23N5O5S2/c1-17-18(2)30-36-24(17)16-37(32,33)20-14-12-19(13-15-20)27-25-26(29-23-11-7-6-10-22(23)28-25)31-38(34,35)21-8-4-3-5-9-21/h3-15H,16H2,1-2H3,(H,27,28)(H,29,31). The molecule has 0 amide bonds. The Labute approximate surface area is 219 Å². The molecular weight excluding hydrogens is 526 g/mol. The molecule has 10 nitrogen and oxygen atoms in total. The van der Waals surface area contributed by atoms with Gasteiger partial charge in [-0.25, -0.2) is 26.8 Å². The van der Waals surface area contributed by atoms with Crippen molar-refractivity contribution in [2.45, 2.75) is 29.4 Å². The van der Waals surface area contributed by atoms with Crippen molar-refractivity contribution in [1.82, 2.24) is 15.1 Å². The Morgan fingerprint density at radius 3 is 1.95 bits per heavy atom. The highest BCUT2D eigenvalue weighted by molar-refractivity contribution is 7.92. The van der Waals surface area contributed by atoms with Gasteiger partial charge in [0.1, 0.15) is 5.75 Å². The monoisotopic (exact) mass is 549 g/mol. The molecule has 5 aromatic rings. The number of benzene rings is 3. The van der Waals surface area contributed by atoms with E-state index < -0.39 is 19.9 Å². The summed E-state index contributed by atoms with van der Waals surface area (Å²) in [6.45, 7) is 3.51. The van der Waals surface area contributed by atoms with Crippen LogP contribution in [0.3, 0.4) is 0 Å². The number of hydrogen-bond acceptors (Lipinski definition) is 9. The number of nitrogens with one attached hydrogen (secondary N) is 2. The summed E-state index contributed by atoms with van der Waals surface area (Å²) >= 11 is 0. The zero-order chi connectivity index (χ0) is 26.9. The lowest BCUT2D eigenvalue weighted by Gasteiger charge is -2.14. The van der Waals surface area contributed by atoms with Crippen molar-refractivity contribution in [2.24, 2.45) is 0 Å². The number of nitrogens with zero attached hydrogens (tertiary/aromatic N) is 3. The molecule has 2 aromatic heterocycles. The van der Waals surface area contributed by atoms with Crippen LogP contribution in [0.1, 0.15) is 17.0 Å². The van der Waals surface area contributed by atoms with Gasteiger partial charge in [0.15, 0.2) is 27.2 Å². The lowest BCUT2D eigenvalue weighted by molar-refractivity contribution is 0.388. The molecule has 0 atom stereocenters. The molecule has 0 aliphatic carbocycles. The van der Waals surface area contributed by atoms with Crippen LogP contribution in [0.5, 0.6) is 0 Å². The number of fused-ring (bicyclic) bond motifs is 1. The van der Waals surface area contributed by atoms with Crippen LogP contribution in [-0.2, 0) is 25.6 Å². The Morgan fingerprint density at radius 2 is 1.34 bits per heavy atom. The molecule has 194 valence electrons. The fraction of sp³-hybridized carbons (Fsp3) is 0.115. The van der Waals surface area contributed by atoms with Crippen LogP contribution < -0.4 is 10.0 Å². The molecule has 0 aliphatic heterocycles. The van der Waals surface area contributed by atoms with E-state index >= 15 is 0 Å². The SMILES string of the molecule is Cc1noc(CS(=O)(=O)c2ccc(Nc3nc4ccccc4nc3NS(=O)(=O)c3ccccc3)cc2)c1C. The Kier molecular flexibility index (Phi) is 6.59. The third-order valence-electron chi connectivity index (χ3n) is 5.91. The Morgan fingerprint density at radius 1 is 0.737 bits per heavy atom. The predicted molar refractivity (Wildman–Crippen MR) is 143 cm³/mol. The van der Waals surface area contributed by atoms with Gasteiger partial charge in [0.2, 0.25) is 0 Å². The van der Waals surface area contributed by atoms with Crippen molar-refractivity contribution < 1.29 is 21.4 Å².